The third-order valence-electron chi connectivity index (χ3n) is 4.37. The van der Waals surface area contributed by atoms with Gasteiger partial charge in [0, 0.05) is 32.2 Å². The number of carbonyl (C=O) groups is 1. The molecule has 114 valence electrons. The van der Waals surface area contributed by atoms with Gasteiger partial charge in [0.2, 0.25) is 0 Å². The van der Waals surface area contributed by atoms with Crippen molar-refractivity contribution in [1.82, 2.24) is 14.9 Å². The van der Waals surface area contributed by atoms with Crippen LogP contribution in [-0.4, -0.2) is 47.0 Å². The highest BCUT2D eigenvalue weighted by molar-refractivity contribution is 5.93. The number of likely N-dealkylation sites (tertiary alicyclic amines) is 1. The molecule has 1 aromatic rings. The van der Waals surface area contributed by atoms with E-state index in [1.807, 2.05) is 17.9 Å². The number of hydrogen-bond donors (Lipinski definition) is 0. The number of anilines is 1. The first-order valence-corrected chi connectivity index (χ1v) is 8.14. The summed E-state index contributed by atoms with van der Waals surface area (Å²) in [6.07, 6.45) is 7.08. The van der Waals surface area contributed by atoms with Crippen LogP contribution in [0, 0.1) is 6.92 Å². The SMILES string of the molecule is Cc1nc(C(=O)N2CCCCCC2)cc(N2CCCC2)n1. The van der Waals surface area contributed by atoms with Gasteiger partial charge in [0.1, 0.15) is 17.3 Å². The first-order chi connectivity index (χ1) is 10.2. The highest BCUT2D eigenvalue weighted by Crippen LogP contribution is 2.20. The molecule has 0 radical (unpaired) electrons. The van der Waals surface area contributed by atoms with Crippen LogP contribution in [0.4, 0.5) is 5.82 Å². The molecule has 21 heavy (non-hydrogen) atoms. The van der Waals surface area contributed by atoms with Crippen molar-refractivity contribution >= 4 is 11.7 Å². The zero-order valence-corrected chi connectivity index (χ0v) is 12.8. The average molecular weight is 288 g/mol. The molecule has 2 saturated heterocycles. The first-order valence-electron chi connectivity index (χ1n) is 8.14. The van der Waals surface area contributed by atoms with Gasteiger partial charge < -0.3 is 9.80 Å². The van der Waals surface area contributed by atoms with Gasteiger partial charge in [-0.15, -0.1) is 0 Å². The molecule has 0 atom stereocenters. The molecular weight excluding hydrogens is 264 g/mol. The van der Waals surface area contributed by atoms with Crippen LogP contribution in [0.1, 0.15) is 54.8 Å². The minimum Gasteiger partial charge on any atom is -0.356 e. The average Bonchev–Trinajstić information content (AvgIpc) is 2.89. The molecular formula is C16H24N4O. The maximum atomic E-state index is 12.7. The van der Waals surface area contributed by atoms with Crippen molar-refractivity contribution in [3.05, 3.63) is 17.6 Å². The Labute approximate surface area is 126 Å². The molecule has 0 saturated carbocycles. The van der Waals surface area contributed by atoms with Gasteiger partial charge in [0.05, 0.1) is 0 Å². The van der Waals surface area contributed by atoms with Crippen molar-refractivity contribution in [3.63, 3.8) is 0 Å². The van der Waals surface area contributed by atoms with E-state index < -0.39 is 0 Å². The zero-order valence-electron chi connectivity index (χ0n) is 12.8. The Morgan fingerprint density at radius 1 is 0.952 bits per heavy atom. The zero-order chi connectivity index (χ0) is 14.7. The van der Waals surface area contributed by atoms with Gasteiger partial charge >= 0.3 is 0 Å². The lowest BCUT2D eigenvalue weighted by Crippen LogP contribution is -2.33. The Balaban J connectivity index is 1.81. The number of hydrogen-bond acceptors (Lipinski definition) is 4. The topological polar surface area (TPSA) is 49.3 Å². The highest BCUT2D eigenvalue weighted by atomic mass is 16.2. The van der Waals surface area contributed by atoms with Gasteiger partial charge in [0.25, 0.3) is 5.91 Å². The van der Waals surface area contributed by atoms with Crippen LogP contribution in [0.3, 0.4) is 0 Å². The van der Waals surface area contributed by atoms with E-state index in [1.54, 1.807) is 0 Å². The Bertz CT molecular complexity index is 503. The van der Waals surface area contributed by atoms with E-state index in [4.69, 9.17) is 0 Å². The molecule has 0 spiro atoms. The van der Waals surface area contributed by atoms with Crippen molar-refractivity contribution in [2.75, 3.05) is 31.1 Å². The molecule has 0 N–H and O–H groups in total. The summed E-state index contributed by atoms with van der Waals surface area (Å²) in [6.45, 7) is 5.67. The number of carbonyl (C=O) groups excluding carboxylic acids is 1. The molecule has 2 fully saturated rings. The monoisotopic (exact) mass is 288 g/mol. The van der Waals surface area contributed by atoms with Crippen LogP contribution in [0.15, 0.2) is 6.07 Å². The van der Waals surface area contributed by atoms with Gasteiger partial charge in [0.15, 0.2) is 0 Å². The van der Waals surface area contributed by atoms with E-state index in [0.717, 1.165) is 44.8 Å². The summed E-state index contributed by atoms with van der Waals surface area (Å²) in [7, 11) is 0. The molecule has 2 aliphatic heterocycles. The van der Waals surface area contributed by atoms with E-state index in [-0.39, 0.29) is 5.91 Å². The van der Waals surface area contributed by atoms with Crippen LogP contribution < -0.4 is 4.90 Å². The van der Waals surface area contributed by atoms with Gasteiger partial charge in [-0.05, 0) is 32.6 Å². The normalized spacial score (nSPS) is 19.7. The van der Waals surface area contributed by atoms with E-state index in [9.17, 15) is 4.79 Å². The Kier molecular flexibility index (Phi) is 4.36. The smallest absolute Gasteiger partial charge is 0.272 e. The van der Waals surface area contributed by atoms with Crippen LogP contribution in [0.25, 0.3) is 0 Å². The second-order valence-corrected chi connectivity index (χ2v) is 6.06. The number of aromatic nitrogens is 2. The van der Waals surface area contributed by atoms with Crippen molar-refractivity contribution in [1.29, 1.82) is 0 Å². The van der Waals surface area contributed by atoms with E-state index in [0.29, 0.717) is 11.5 Å². The number of nitrogens with zero attached hydrogens (tertiary/aromatic N) is 4. The Hall–Kier alpha value is -1.65. The maximum absolute atomic E-state index is 12.7. The van der Waals surface area contributed by atoms with Gasteiger partial charge in [-0.1, -0.05) is 12.8 Å². The lowest BCUT2D eigenvalue weighted by Gasteiger charge is -2.21. The summed E-state index contributed by atoms with van der Waals surface area (Å²) in [6, 6.07) is 1.88. The standard InChI is InChI=1S/C16H24N4O/c1-13-17-14(12-15(18-13)19-8-6-7-9-19)16(21)20-10-4-2-3-5-11-20/h12H,2-11H2,1H3. The lowest BCUT2D eigenvalue weighted by molar-refractivity contribution is 0.0755. The van der Waals surface area contributed by atoms with Gasteiger partial charge in [-0.2, -0.15) is 0 Å². The van der Waals surface area contributed by atoms with Crippen LogP contribution in [0.5, 0.6) is 0 Å². The summed E-state index contributed by atoms with van der Waals surface area (Å²) >= 11 is 0. The molecule has 2 aliphatic rings. The second-order valence-electron chi connectivity index (χ2n) is 6.06. The summed E-state index contributed by atoms with van der Waals surface area (Å²) in [4.78, 5) is 25.8. The first kappa shape index (κ1) is 14.3. The summed E-state index contributed by atoms with van der Waals surface area (Å²) in [5.41, 5.74) is 0.561. The molecule has 0 aliphatic carbocycles. The van der Waals surface area contributed by atoms with E-state index in [1.165, 1.54) is 25.7 Å². The fourth-order valence-corrected chi connectivity index (χ4v) is 3.21. The lowest BCUT2D eigenvalue weighted by atomic mass is 10.2. The predicted molar refractivity (Wildman–Crippen MR) is 82.6 cm³/mol. The van der Waals surface area contributed by atoms with Crippen LogP contribution in [-0.2, 0) is 0 Å². The van der Waals surface area contributed by atoms with Gasteiger partial charge in [-0.25, -0.2) is 9.97 Å². The molecule has 1 aromatic heterocycles. The van der Waals surface area contributed by atoms with Crippen molar-refractivity contribution < 1.29 is 4.79 Å². The third kappa shape index (κ3) is 3.34. The Morgan fingerprint density at radius 3 is 2.24 bits per heavy atom. The molecule has 5 nitrogen and oxygen atoms in total. The van der Waals surface area contributed by atoms with E-state index in [2.05, 4.69) is 14.9 Å². The quantitative estimate of drug-likeness (QED) is 0.838. The summed E-state index contributed by atoms with van der Waals surface area (Å²) < 4.78 is 0. The van der Waals surface area contributed by atoms with Crippen molar-refractivity contribution in [3.8, 4) is 0 Å². The van der Waals surface area contributed by atoms with Crippen LogP contribution in [0.2, 0.25) is 0 Å². The van der Waals surface area contributed by atoms with Crippen molar-refractivity contribution in [2.45, 2.75) is 45.4 Å². The third-order valence-corrected chi connectivity index (χ3v) is 4.37. The second kappa shape index (κ2) is 6.41. The van der Waals surface area contributed by atoms with Crippen molar-refractivity contribution in [2.24, 2.45) is 0 Å². The number of rotatable bonds is 2. The number of aryl methyl sites for hydroxylation is 1. The van der Waals surface area contributed by atoms with Crippen LogP contribution >= 0.6 is 0 Å². The molecule has 1 amide bonds. The number of amides is 1. The van der Waals surface area contributed by atoms with E-state index >= 15 is 0 Å². The fourth-order valence-electron chi connectivity index (χ4n) is 3.21. The molecule has 3 heterocycles. The minimum absolute atomic E-state index is 0.0721. The molecule has 0 bridgehead atoms. The van der Waals surface area contributed by atoms with Gasteiger partial charge in [-0.3, -0.25) is 4.79 Å². The summed E-state index contributed by atoms with van der Waals surface area (Å²) in [5.74, 6) is 1.68. The highest BCUT2D eigenvalue weighted by Gasteiger charge is 2.21. The molecule has 5 heteroatoms. The maximum Gasteiger partial charge on any atom is 0.272 e. The Morgan fingerprint density at radius 2 is 1.57 bits per heavy atom. The molecule has 0 unspecified atom stereocenters. The summed E-state index contributed by atoms with van der Waals surface area (Å²) in [5, 5.41) is 0. The molecule has 0 aromatic carbocycles. The minimum atomic E-state index is 0.0721. The largest absolute Gasteiger partial charge is 0.356 e. The fraction of sp³-hybridized carbons (Fsp3) is 0.688. The predicted octanol–water partition coefficient (Wildman–Crippen LogP) is 2.40. The molecule has 3 rings (SSSR count).